The molecule has 0 aliphatic heterocycles. The van der Waals surface area contributed by atoms with Gasteiger partial charge in [0, 0.05) is 5.56 Å². The molecular formula is C14H11ClN4O4. The Labute approximate surface area is 135 Å². The smallest absolute Gasteiger partial charge is 0.358 e. The number of hydrogen-bond acceptors (Lipinski definition) is 8. The molecule has 0 saturated carbocycles. The summed E-state index contributed by atoms with van der Waals surface area (Å²) in [6.45, 7) is 0. The molecule has 0 unspecified atom stereocenters. The van der Waals surface area contributed by atoms with Crippen molar-refractivity contribution < 1.29 is 18.9 Å². The van der Waals surface area contributed by atoms with Gasteiger partial charge in [-0.15, -0.1) is 0 Å². The van der Waals surface area contributed by atoms with E-state index in [2.05, 4.69) is 20.0 Å². The first-order chi connectivity index (χ1) is 11.1. The van der Waals surface area contributed by atoms with Gasteiger partial charge in [-0.1, -0.05) is 11.6 Å². The van der Waals surface area contributed by atoms with Crippen molar-refractivity contribution in [3.63, 3.8) is 0 Å². The molecule has 0 fully saturated rings. The zero-order valence-electron chi connectivity index (χ0n) is 12.2. The van der Waals surface area contributed by atoms with E-state index in [-0.39, 0.29) is 16.4 Å². The topological polar surface area (TPSA) is 113 Å². The van der Waals surface area contributed by atoms with Gasteiger partial charge in [0.2, 0.25) is 0 Å². The highest BCUT2D eigenvalue weighted by atomic mass is 35.5. The minimum atomic E-state index is -0.688. The molecule has 0 bridgehead atoms. The normalized spacial score (nSPS) is 10.7. The average Bonchev–Trinajstić information content (AvgIpc) is 3.04. The van der Waals surface area contributed by atoms with Crippen molar-refractivity contribution in [3.8, 4) is 17.0 Å². The molecule has 2 heterocycles. The van der Waals surface area contributed by atoms with Gasteiger partial charge in [0.1, 0.15) is 5.52 Å². The van der Waals surface area contributed by atoms with Crippen LogP contribution >= 0.6 is 11.6 Å². The number of benzene rings is 1. The van der Waals surface area contributed by atoms with Gasteiger partial charge in [-0.3, -0.25) is 0 Å². The first kappa shape index (κ1) is 15.0. The van der Waals surface area contributed by atoms with Crippen LogP contribution in [0.4, 0.5) is 5.69 Å². The summed E-state index contributed by atoms with van der Waals surface area (Å²) >= 11 is 6.02. The van der Waals surface area contributed by atoms with E-state index in [0.717, 1.165) is 0 Å². The van der Waals surface area contributed by atoms with Crippen molar-refractivity contribution in [2.75, 3.05) is 20.0 Å². The molecule has 0 radical (unpaired) electrons. The van der Waals surface area contributed by atoms with Crippen LogP contribution in [0.25, 0.3) is 22.3 Å². The summed E-state index contributed by atoms with van der Waals surface area (Å²) in [5, 5.41) is 7.58. The van der Waals surface area contributed by atoms with E-state index in [1.807, 2.05) is 0 Å². The Kier molecular flexibility index (Phi) is 3.75. The lowest BCUT2D eigenvalue weighted by Gasteiger charge is -2.11. The number of rotatable bonds is 3. The summed E-state index contributed by atoms with van der Waals surface area (Å²) in [6, 6.07) is 4.93. The number of nitrogens with zero attached hydrogens (tertiary/aromatic N) is 3. The Morgan fingerprint density at radius 1 is 1.30 bits per heavy atom. The van der Waals surface area contributed by atoms with Crippen LogP contribution in [0, 0.1) is 0 Å². The molecule has 0 amide bonds. The van der Waals surface area contributed by atoms with E-state index < -0.39 is 5.97 Å². The van der Waals surface area contributed by atoms with Crippen molar-refractivity contribution in [2.45, 2.75) is 0 Å². The highest BCUT2D eigenvalue weighted by Crippen LogP contribution is 2.36. The summed E-state index contributed by atoms with van der Waals surface area (Å²) in [7, 11) is 2.71. The van der Waals surface area contributed by atoms with Crippen LogP contribution in [0.3, 0.4) is 0 Å². The van der Waals surface area contributed by atoms with E-state index in [1.165, 1.54) is 20.3 Å². The second kappa shape index (κ2) is 5.73. The van der Waals surface area contributed by atoms with E-state index in [4.69, 9.17) is 26.7 Å². The summed E-state index contributed by atoms with van der Waals surface area (Å²) in [5.41, 5.74) is 7.88. The van der Waals surface area contributed by atoms with Gasteiger partial charge in [-0.05, 0) is 28.5 Å². The molecule has 3 aromatic rings. The maximum Gasteiger partial charge on any atom is 0.358 e. The van der Waals surface area contributed by atoms with Crippen molar-refractivity contribution in [1.29, 1.82) is 0 Å². The molecular weight excluding hydrogens is 324 g/mol. The van der Waals surface area contributed by atoms with E-state index in [9.17, 15) is 4.79 Å². The van der Waals surface area contributed by atoms with Crippen LogP contribution in [0.2, 0.25) is 5.02 Å². The Bertz CT molecular complexity index is 909. The monoisotopic (exact) mass is 334 g/mol. The van der Waals surface area contributed by atoms with Gasteiger partial charge in [0.15, 0.2) is 17.0 Å². The third-order valence-corrected chi connectivity index (χ3v) is 3.62. The number of carbonyl (C=O) groups is 1. The van der Waals surface area contributed by atoms with Gasteiger partial charge in [0.05, 0.1) is 30.6 Å². The summed E-state index contributed by atoms with van der Waals surface area (Å²) in [6.07, 6.45) is 0. The fourth-order valence-electron chi connectivity index (χ4n) is 2.16. The van der Waals surface area contributed by atoms with Crippen LogP contribution < -0.4 is 10.5 Å². The number of carbonyl (C=O) groups excluding carboxylic acids is 1. The number of nitrogens with two attached hydrogens (primary N) is 1. The van der Waals surface area contributed by atoms with Crippen LogP contribution in [0.15, 0.2) is 22.8 Å². The van der Waals surface area contributed by atoms with Crippen LogP contribution in [-0.2, 0) is 4.74 Å². The molecule has 0 aliphatic carbocycles. The van der Waals surface area contributed by atoms with Crippen LogP contribution in [0.1, 0.15) is 10.5 Å². The number of nitrogen functional groups attached to an aromatic ring is 1. The molecule has 1 aromatic carbocycles. The van der Waals surface area contributed by atoms with Crippen molar-refractivity contribution in [2.24, 2.45) is 0 Å². The van der Waals surface area contributed by atoms with Gasteiger partial charge in [0.25, 0.3) is 0 Å². The number of anilines is 1. The Morgan fingerprint density at radius 3 is 2.78 bits per heavy atom. The number of fused-ring (bicyclic) bond motifs is 1. The molecule has 23 heavy (non-hydrogen) atoms. The lowest BCUT2D eigenvalue weighted by atomic mass is 10.1. The van der Waals surface area contributed by atoms with Gasteiger partial charge in [-0.25, -0.2) is 14.4 Å². The second-order valence-corrected chi connectivity index (χ2v) is 4.91. The minimum absolute atomic E-state index is 0.0312. The van der Waals surface area contributed by atoms with E-state index in [0.29, 0.717) is 28.0 Å². The standard InChI is InChI=1S/C14H11ClN4O4/c1-21-13-6(3-4-8-11(13)19-23-18-8)9-5-7(16)10(15)12(17-9)14(20)22-2/h3-5H,1-2H3,(H2,16,17). The maximum atomic E-state index is 11.8. The number of esters is 1. The lowest BCUT2D eigenvalue weighted by Crippen LogP contribution is -2.08. The molecule has 2 N–H and O–H groups in total. The largest absolute Gasteiger partial charge is 0.494 e. The second-order valence-electron chi connectivity index (χ2n) is 4.53. The predicted octanol–water partition coefficient (Wildman–Crippen LogP) is 2.32. The molecule has 118 valence electrons. The molecule has 9 heteroatoms. The fourth-order valence-corrected chi connectivity index (χ4v) is 2.33. The average molecular weight is 335 g/mol. The minimum Gasteiger partial charge on any atom is -0.494 e. The number of methoxy groups -OCH3 is 2. The fraction of sp³-hybridized carbons (Fsp3) is 0.143. The van der Waals surface area contributed by atoms with Crippen molar-refractivity contribution in [1.82, 2.24) is 15.3 Å². The Hall–Kier alpha value is -2.87. The molecule has 0 spiro atoms. The molecule has 0 aliphatic rings. The summed E-state index contributed by atoms with van der Waals surface area (Å²) in [4.78, 5) is 16.0. The number of halogens is 1. The quantitative estimate of drug-likeness (QED) is 0.726. The third-order valence-electron chi connectivity index (χ3n) is 3.23. The molecule has 0 saturated heterocycles. The number of hydrogen-bond donors (Lipinski definition) is 1. The summed E-state index contributed by atoms with van der Waals surface area (Å²) < 4.78 is 14.7. The zero-order chi connectivity index (χ0) is 16.6. The number of ether oxygens (including phenoxy) is 2. The highest BCUT2D eigenvalue weighted by molar-refractivity contribution is 6.35. The SMILES string of the molecule is COC(=O)c1nc(-c2ccc3nonc3c2OC)cc(N)c1Cl. The molecule has 3 rings (SSSR count). The Morgan fingerprint density at radius 2 is 2.09 bits per heavy atom. The predicted molar refractivity (Wildman–Crippen MR) is 82.3 cm³/mol. The third kappa shape index (κ3) is 2.42. The molecule has 2 aromatic heterocycles. The van der Waals surface area contributed by atoms with Gasteiger partial charge >= 0.3 is 5.97 Å². The molecule has 8 nitrogen and oxygen atoms in total. The van der Waals surface area contributed by atoms with Crippen LogP contribution in [0.5, 0.6) is 5.75 Å². The van der Waals surface area contributed by atoms with E-state index >= 15 is 0 Å². The first-order valence-corrected chi connectivity index (χ1v) is 6.78. The van der Waals surface area contributed by atoms with Crippen molar-refractivity contribution >= 4 is 34.3 Å². The Balaban J connectivity index is 2.26. The van der Waals surface area contributed by atoms with Crippen molar-refractivity contribution in [3.05, 3.63) is 28.9 Å². The molecule has 0 atom stereocenters. The van der Waals surface area contributed by atoms with Gasteiger partial charge in [-0.2, -0.15) is 0 Å². The maximum absolute atomic E-state index is 11.8. The van der Waals surface area contributed by atoms with E-state index in [1.54, 1.807) is 12.1 Å². The lowest BCUT2D eigenvalue weighted by molar-refractivity contribution is 0.0594. The first-order valence-electron chi connectivity index (χ1n) is 6.40. The number of pyridine rings is 1. The van der Waals surface area contributed by atoms with Gasteiger partial charge < -0.3 is 15.2 Å². The summed E-state index contributed by atoms with van der Waals surface area (Å²) in [5.74, 6) is -0.291. The van der Waals surface area contributed by atoms with Crippen LogP contribution in [-0.4, -0.2) is 35.5 Å². The number of aromatic nitrogens is 3. The highest BCUT2D eigenvalue weighted by Gasteiger charge is 2.21. The zero-order valence-corrected chi connectivity index (χ0v) is 12.9.